The van der Waals surface area contributed by atoms with Gasteiger partial charge in [-0.3, -0.25) is 0 Å². The van der Waals surface area contributed by atoms with Gasteiger partial charge in [0, 0.05) is 25.7 Å². The van der Waals surface area contributed by atoms with Gasteiger partial charge in [-0.25, -0.2) is 9.18 Å². The van der Waals surface area contributed by atoms with E-state index in [0.717, 1.165) is 5.56 Å². The Labute approximate surface area is 198 Å². The third-order valence-corrected chi connectivity index (χ3v) is 10.8. The monoisotopic (exact) mass is 475 g/mol. The molecule has 0 fully saturated rings. The maximum Gasteiger partial charge on any atom is 0.404 e. The van der Waals surface area contributed by atoms with E-state index in [4.69, 9.17) is 15.3 Å². The lowest BCUT2D eigenvalue weighted by molar-refractivity contribution is 0.168. The predicted molar refractivity (Wildman–Crippen MR) is 136 cm³/mol. The number of rotatable bonds is 10. The number of carboxylic acid groups (broad SMARTS) is 1. The molecule has 0 aliphatic heterocycles. The average molecular weight is 476 g/mol. The number of carbonyl (C=O) groups is 1. The third kappa shape index (κ3) is 7.47. The van der Waals surface area contributed by atoms with E-state index in [1.165, 1.54) is 12.1 Å². The Morgan fingerprint density at radius 2 is 1.88 bits per heavy atom. The topological polar surface area (TPSA) is 87.8 Å². The maximum atomic E-state index is 14.8. The van der Waals surface area contributed by atoms with Crippen LogP contribution < -0.4 is 16.0 Å². The first-order valence-corrected chi connectivity index (χ1v) is 14.2. The summed E-state index contributed by atoms with van der Waals surface area (Å²) in [7, 11) is -0.316. The molecule has 2 aromatic rings. The van der Waals surface area contributed by atoms with Crippen LogP contribution in [0.2, 0.25) is 18.1 Å². The van der Waals surface area contributed by atoms with Crippen LogP contribution in [0.15, 0.2) is 42.5 Å². The highest BCUT2D eigenvalue weighted by Gasteiger charge is 2.40. The second-order valence-corrected chi connectivity index (χ2v) is 14.8. The molecule has 0 radical (unpaired) electrons. The van der Waals surface area contributed by atoms with Gasteiger partial charge in [0.2, 0.25) is 0 Å². The van der Waals surface area contributed by atoms with Crippen LogP contribution in [-0.4, -0.2) is 33.1 Å². The molecule has 8 heteroatoms. The Kier molecular flexibility index (Phi) is 8.91. The Balaban J connectivity index is 2.38. The number of nitrogens with two attached hydrogens (primary N) is 1. The lowest BCUT2D eigenvalue weighted by Crippen LogP contribution is -2.42. The fourth-order valence-corrected chi connectivity index (χ4v) is 4.75. The van der Waals surface area contributed by atoms with E-state index >= 15 is 0 Å². The fraction of sp³-hybridized carbons (Fsp3) is 0.480. The molecule has 0 aliphatic rings. The lowest BCUT2D eigenvalue weighted by atomic mass is 10.0. The molecule has 182 valence electrons. The summed E-state index contributed by atoms with van der Waals surface area (Å²) in [5.74, 6) is -0.374. The second kappa shape index (κ2) is 11.0. The van der Waals surface area contributed by atoms with E-state index < -0.39 is 20.5 Å². The van der Waals surface area contributed by atoms with Crippen molar-refractivity contribution >= 4 is 25.8 Å². The minimum absolute atomic E-state index is 0.0421. The van der Waals surface area contributed by atoms with Gasteiger partial charge in [0.25, 0.3) is 0 Å². The number of nitrogen functional groups attached to an aromatic ring is 1. The van der Waals surface area contributed by atoms with E-state index in [1.54, 1.807) is 0 Å². The van der Waals surface area contributed by atoms with Crippen LogP contribution in [0.25, 0.3) is 0 Å². The smallest absolute Gasteiger partial charge is 0.404 e. The Morgan fingerprint density at radius 3 is 2.45 bits per heavy atom. The van der Waals surface area contributed by atoms with E-state index in [-0.39, 0.29) is 10.9 Å². The Hall–Kier alpha value is -2.58. The Morgan fingerprint density at radius 1 is 1.24 bits per heavy atom. The van der Waals surface area contributed by atoms with Gasteiger partial charge >= 0.3 is 6.09 Å². The summed E-state index contributed by atoms with van der Waals surface area (Å²) in [6.07, 6.45) is -0.410. The first-order chi connectivity index (χ1) is 15.3. The summed E-state index contributed by atoms with van der Waals surface area (Å²) >= 11 is 0. The number of nitrogens with one attached hydrogen (secondary N) is 1. The van der Waals surface area contributed by atoms with Crippen LogP contribution in [0.3, 0.4) is 0 Å². The normalized spacial score (nSPS) is 12.9. The van der Waals surface area contributed by atoms with Gasteiger partial charge in [0.05, 0.1) is 17.5 Å². The number of hydrogen-bond acceptors (Lipinski definition) is 4. The zero-order valence-corrected chi connectivity index (χ0v) is 21.6. The minimum atomic E-state index is -2.21. The van der Waals surface area contributed by atoms with E-state index in [9.17, 15) is 9.18 Å². The highest BCUT2D eigenvalue weighted by atomic mass is 28.4. The minimum Gasteiger partial charge on any atom is -0.465 e. The molecule has 2 rings (SSSR count). The van der Waals surface area contributed by atoms with E-state index in [1.807, 2.05) is 42.3 Å². The van der Waals surface area contributed by atoms with Crippen molar-refractivity contribution in [2.75, 3.05) is 24.2 Å². The highest BCUT2D eigenvalue weighted by molar-refractivity contribution is 6.74. The molecule has 1 atom stereocenters. The molecule has 0 saturated heterocycles. The molecule has 0 aromatic heterocycles. The van der Waals surface area contributed by atoms with Crippen molar-refractivity contribution in [2.45, 2.75) is 64.4 Å². The second-order valence-electron chi connectivity index (χ2n) is 10.0. The van der Waals surface area contributed by atoms with Gasteiger partial charge < -0.3 is 25.5 Å². The van der Waals surface area contributed by atoms with Gasteiger partial charge in [-0.05, 0) is 48.7 Å². The third-order valence-electron chi connectivity index (χ3n) is 6.34. The summed E-state index contributed by atoms with van der Waals surface area (Å²) < 4.78 is 21.5. The molecule has 2 aromatic carbocycles. The largest absolute Gasteiger partial charge is 0.465 e. The summed E-state index contributed by atoms with van der Waals surface area (Å²) in [5, 5.41) is 11.2. The lowest BCUT2D eigenvalue weighted by Gasteiger charge is -2.40. The molecule has 0 bridgehead atoms. The van der Waals surface area contributed by atoms with Crippen molar-refractivity contribution < 1.29 is 18.7 Å². The highest BCUT2D eigenvalue weighted by Crippen LogP contribution is 2.43. The van der Waals surface area contributed by atoms with Crippen molar-refractivity contribution in [3.63, 3.8) is 0 Å². The van der Waals surface area contributed by atoms with Crippen LogP contribution in [0.1, 0.15) is 50.8 Å². The van der Waals surface area contributed by atoms with E-state index in [2.05, 4.69) is 39.2 Å². The van der Waals surface area contributed by atoms with Crippen molar-refractivity contribution in [3.8, 4) is 0 Å². The van der Waals surface area contributed by atoms with Crippen molar-refractivity contribution in [2.24, 2.45) is 0 Å². The molecule has 1 unspecified atom stereocenters. The molecule has 0 spiro atoms. The molecule has 0 saturated carbocycles. The van der Waals surface area contributed by atoms with Crippen molar-refractivity contribution in [3.05, 3.63) is 59.4 Å². The standard InChI is InChI=1S/C25H38FN3O3Si/c1-25(2,3)33(5,6)32-22(13-10-14-28-24(30)31)20-15-19(26)16-21(23(20)27)29(4)17-18-11-8-7-9-12-18/h7-9,11-12,15-16,22,28H,10,13-14,17,27H2,1-6H3,(H,30,31). The van der Waals surface area contributed by atoms with Gasteiger partial charge in [-0.15, -0.1) is 0 Å². The molecule has 4 N–H and O–H groups in total. The molecule has 6 nitrogen and oxygen atoms in total. The SMILES string of the molecule is CN(Cc1ccccc1)c1cc(F)cc(C(CCCNC(=O)O)O[Si](C)(C)C(C)(C)C)c1N. The number of hydrogen-bond donors (Lipinski definition) is 3. The van der Waals surface area contributed by atoms with Crippen molar-refractivity contribution in [1.82, 2.24) is 5.32 Å². The Bertz CT molecular complexity index is 932. The van der Waals surface area contributed by atoms with E-state index in [0.29, 0.717) is 42.9 Å². The zero-order chi connectivity index (χ0) is 24.8. The summed E-state index contributed by atoms with van der Waals surface area (Å²) in [5.41, 5.74) is 9.42. The number of halogens is 1. The van der Waals surface area contributed by atoms with Crippen LogP contribution >= 0.6 is 0 Å². The summed E-state index contributed by atoms with van der Waals surface area (Å²) in [4.78, 5) is 12.8. The fourth-order valence-electron chi connectivity index (χ4n) is 3.44. The van der Waals surface area contributed by atoms with Gasteiger partial charge in [-0.2, -0.15) is 0 Å². The van der Waals surface area contributed by atoms with Crippen LogP contribution in [0.5, 0.6) is 0 Å². The molecule has 0 aliphatic carbocycles. The van der Waals surface area contributed by atoms with Gasteiger partial charge in [0.15, 0.2) is 8.32 Å². The molecular formula is C25H38FN3O3Si. The molecule has 0 heterocycles. The summed E-state index contributed by atoms with van der Waals surface area (Å²) in [6, 6.07) is 12.8. The molecule has 33 heavy (non-hydrogen) atoms. The van der Waals surface area contributed by atoms with Crippen LogP contribution in [0, 0.1) is 5.82 Å². The number of anilines is 2. The number of benzene rings is 2. The first kappa shape index (κ1) is 26.7. The number of nitrogens with zero attached hydrogens (tertiary/aromatic N) is 1. The van der Waals surface area contributed by atoms with Crippen molar-refractivity contribution in [1.29, 1.82) is 0 Å². The molecular weight excluding hydrogens is 437 g/mol. The number of amides is 1. The average Bonchev–Trinajstić information content (AvgIpc) is 2.71. The predicted octanol–water partition coefficient (Wildman–Crippen LogP) is 6.16. The van der Waals surface area contributed by atoms with Crippen LogP contribution in [0.4, 0.5) is 20.6 Å². The zero-order valence-electron chi connectivity index (χ0n) is 20.6. The maximum absolute atomic E-state index is 14.8. The quantitative estimate of drug-likeness (QED) is 0.218. The molecule has 1 amide bonds. The first-order valence-electron chi connectivity index (χ1n) is 11.3. The van der Waals surface area contributed by atoms with Gasteiger partial charge in [-0.1, -0.05) is 51.1 Å². The van der Waals surface area contributed by atoms with Gasteiger partial charge in [0.1, 0.15) is 5.82 Å². The summed E-state index contributed by atoms with van der Waals surface area (Å²) in [6.45, 7) is 11.6. The van der Waals surface area contributed by atoms with Crippen LogP contribution in [-0.2, 0) is 11.0 Å².